The molecule has 0 aromatic rings. The van der Waals surface area contributed by atoms with E-state index in [-0.39, 0.29) is 31.1 Å². The molecule has 0 aliphatic carbocycles. The van der Waals surface area contributed by atoms with Crippen molar-refractivity contribution in [1.29, 1.82) is 0 Å². The molecule has 6 heteroatoms. The minimum atomic E-state index is -0.813. The van der Waals surface area contributed by atoms with Gasteiger partial charge < -0.3 is 14.2 Å². The van der Waals surface area contributed by atoms with Crippen LogP contribution in [0.25, 0.3) is 0 Å². The zero-order valence-corrected chi connectivity index (χ0v) is 52.0. The molecule has 0 aromatic heterocycles. The zero-order valence-electron chi connectivity index (χ0n) is 52.0. The lowest BCUT2D eigenvalue weighted by Crippen LogP contribution is -2.30. The Morgan fingerprint density at radius 2 is 0.481 bits per heavy atom. The highest BCUT2D eigenvalue weighted by molar-refractivity contribution is 5.71. The van der Waals surface area contributed by atoms with Crippen molar-refractivity contribution in [2.45, 2.75) is 271 Å². The molecule has 0 fully saturated rings. The van der Waals surface area contributed by atoms with Gasteiger partial charge in [-0.15, -0.1) is 0 Å². The van der Waals surface area contributed by atoms with Gasteiger partial charge in [-0.25, -0.2) is 0 Å². The molecule has 454 valence electrons. The number of allylic oxidation sites excluding steroid dienone is 28. The molecule has 1 unspecified atom stereocenters. The van der Waals surface area contributed by atoms with E-state index in [2.05, 4.69) is 191 Å². The van der Waals surface area contributed by atoms with Crippen LogP contribution in [0, 0.1) is 0 Å². The van der Waals surface area contributed by atoms with Gasteiger partial charge in [-0.1, -0.05) is 262 Å². The van der Waals surface area contributed by atoms with E-state index >= 15 is 0 Å². The van der Waals surface area contributed by atoms with Crippen molar-refractivity contribution in [2.75, 3.05) is 13.2 Å². The van der Waals surface area contributed by atoms with Gasteiger partial charge in [0, 0.05) is 19.3 Å². The standard InChI is InChI=1S/C75H118O6/c1-4-7-10-13-16-19-22-25-27-29-31-32-33-34-35-36-37-38-39-40-41-42-44-45-47-50-53-56-59-62-65-68-74(77)80-71-72(70-79-73(76)67-64-61-58-55-52-49-24-21-18-15-12-9-6-3)81-75(78)69-66-63-60-57-54-51-48-46-43-30-28-26-23-20-17-14-11-8-5-2/h7-8,10-11,16-17,19-21,24-28,31-32,34-35,37-38,40-41,43-46,50,53,72H,4-6,9,12-15,18,22-23,29-30,33,36,39,42,47-49,51-52,54-71H2,1-3H3/b10-7-,11-8-,19-16-,20-17-,24-21-,27-25-,28-26-,32-31-,35-34-,38-37-,41-40-,45-44-,46-43-,53-50-. The Morgan fingerprint density at radius 3 is 0.778 bits per heavy atom. The first kappa shape index (κ1) is 75.8. The van der Waals surface area contributed by atoms with E-state index in [1.807, 2.05) is 0 Å². The minimum Gasteiger partial charge on any atom is -0.462 e. The summed E-state index contributed by atoms with van der Waals surface area (Å²) in [6, 6.07) is 0. The molecule has 0 aliphatic rings. The first-order valence-corrected chi connectivity index (χ1v) is 32.6. The third kappa shape index (κ3) is 65.5. The van der Waals surface area contributed by atoms with Crippen LogP contribution in [-0.2, 0) is 28.6 Å². The Labute approximate surface area is 498 Å². The molecule has 0 amide bonds. The molecule has 0 saturated carbocycles. The van der Waals surface area contributed by atoms with Crippen LogP contribution in [0.15, 0.2) is 170 Å². The lowest BCUT2D eigenvalue weighted by molar-refractivity contribution is -0.167. The molecule has 0 aliphatic heterocycles. The van der Waals surface area contributed by atoms with Gasteiger partial charge in [-0.05, 0) is 154 Å². The molecule has 1 atom stereocenters. The summed E-state index contributed by atoms with van der Waals surface area (Å²) in [6.45, 7) is 6.34. The largest absolute Gasteiger partial charge is 0.462 e. The molecule has 81 heavy (non-hydrogen) atoms. The van der Waals surface area contributed by atoms with Gasteiger partial charge in [0.2, 0.25) is 0 Å². The highest BCUT2D eigenvalue weighted by Gasteiger charge is 2.19. The molecule has 6 nitrogen and oxygen atoms in total. The van der Waals surface area contributed by atoms with Crippen molar-refractivity contribution < 1.29 is 28.6 Å². The molecule has 0 radical (unpaired) electrons. The third-order valence-corrected chi connectivity index (χ3v) is 13.2. The maximum atomic E-state index is 12.9. The molecule has 0 heterocycles. The minimum absolute atomic E-state index is 0.106. The van der Waals surface area contributed by atoms with Gasteiger partial charge in [-0.3, -0.25) is 14.4 Å². The van der Waals surface area contributed by atoms with Gasteiger partial charge in [0.1, 0.15) is 13.2 Å². The second-order valence-corrected chi connectivity index (χ2v) is 20.9. The summed E-state index contributed by atoms with van der Waals surface area (Å²) in [4.78, 5) is 38.3. The number of hydrogen-bond donors (Lipinski definition) is 0. The summed E-state index contributed by atoms with van der Waals surface area (Å²) in [5.74, 6) is -0.967. The number of hydrogen-bond acceptors (Lipinski definition) is 6. The fourth-order valence-corrected chi connectivity index (χ4v) is 8.36. The van der Waals surface area contributed by atoms with Crippen molar-refractivity contribution in [3.8, 4) is 0 Å². The number of rotatable bonds is 57. The Hall–Kier alpha value is -5.23. The van der Waals surface area contributed by atoms with E-state index in [0.717, 1.165) is 173 Å². The number of esters is 3. The number of ether oxygens (including phenoxy) is 3. The molecule has 0 aromatic carbocycles. The van der Waals surface area contributed by atoms with Crippen LogP contribution in [0.4, 0.5) is 0 Å². The van der Waals surface area contributed by atoms with Gasteiger partial charge in [0.05, 0.1) is 0 Å². The van der Waals surface area contributed by atoms with Gasteiger partial charge in [-0.2, -0.15) is 0 Å². The average molecular weight is 1120 g/mol. The van der Waals surface area contributed by atoms with E-state index < -0.39 is 6.10 Å². The molecule has 0 saturated heterocycles. The summed E-state index contributed by atoms with van der Waals surface area (Å²) < 4.78 is 16.9. The van der Waals surface area contributed by atoms with Crippen molar-refractivity contribution in [3.63, 3.8) is 0 Å². The smallest absolute Gasteiger partial charge is 0.306 e. The van der Waals surface area contributed by atoms with E-state index in [1.165, 1.54) is 51.4 Å². The monoisotopic (exact) mass is 1110 g/mol. The normalized spacial score (nSPS) is 13.3. The van der Waals surface area contributed by atoms with E-state index in [1.54, 1.807) is 0 Å². The Balaban J connectivity index is 4.44. The third-order valence-electron chi connectivity index (χ3n) is 13.2. The van der Waals surface area contributed by atoms with Crippen molar-refractivity contribution in [2.24, 2.45) is 0 Å². The van der Waals surface area contributed by atoms with Crippen LogP contribution >= 0.6 is 0 Å². The predicted molar refractivity (Wildman–Crippen MR) is 352 cm³/mol. The Bertz CT molecular complexity index is 1860. The molecule has 0 bridgehead atoms. The van der Waals surface area contributed by atoms with Crippen LogP contribution in [0.2, 0.25) is 0 Å². The maximum absolute atomic E-state index is 12.9. The van der Waals surface area contributed by atoms with E-state index in [9.17, 15) is 14.4 Å². The van der Waals surface area contributed by atoms with Crippen molar-refractivity contribution >= 4 is 17.9 Å². The highest BCUT2D eigenvalue weighted by atomic mass is 16.6. The summed E-state index contributed by atoms with van der Waals surface area (Å²) in [5.41, 5.74) is 0. The molecule has 0 spiro atoms. The first-order valence-electron chi connectivity index (χ1n) is 32.6. The lowest BCUT2D eigenvalue weighted by Gasteiger charge is -2.18. The second kappa shape index (κ2) is 67.3. The zero-order chi connectivity index (χ0) is 58.5. The Kier molecular flexibility index (Phi) is 62.9. The van der Waals surface area contributed by atoms with Crippen molar-refractivity contribution in [3.05, 3.63) is 170 Å². The number of carbonyl (C=O) groups is 3. The van der Waals surface area contributed by atoms with E-state index in [0.29, 0.717) is 19.3 Å². The fourth-order valence-electron chi connectivity index (χ4n) is 8.36. The van der Waals surface area contributed by atoms with Crippen LogP contribution in [-0.4, -0.2) is 37.2 Å². The maximum Gasteiger partial charge on any atom is 0.306 e. The molecular weight excluding hydrogens is 997 g/mol. The number of carbonyl (C=O) groups excluding carboxylic acids is 3. The van der Waals surface area contributed by atoms with Gasteiger partial charge in [0.15, 0.2) is 6.10 Å². The number of unbranched alkanes of at least 4 members (excludes halogenated alkanes) is 18. The second-order valence-electron chi connectivity index (χ2n) is 20.9. The predicted octanol–water partition coefficient (Wildman–Crippen LogP) is 22.7. The summed E-state index contributed by atoms with van der Waals surface area (Å²) in [7, 11) is 0. The lowest BCUT2D eigenvalue weighted by atomic mass is 10.1. The molecule has 0 rings (SSSR count). The van der Waals surface area contributed by atoms with Crippen LogP contribution in [0.5, 0.6) is 0 Å². The summed E-state index contributed by atoms with van der Waals surface area (Å²) in [5, 5.41) is 0. The topological polar surface area (TPSA) is 78.9 Å². The fraction of sp³-hybridized carbons (Fsp3) is 0.587. The van der Waals surface area contributed by atoms with Crippen LogP contribution < -0.4 is 0 Å². The molecule has 0 N–H and O–H groups in total. The highest BCUT2D eigenvalue weighted by Crippen LogP contribution is 2.14. The van der Waals surface area contributed by atoms with Crippen LogP contribution in [0.1, 0.15) is 265 Å². The van der Waals surface area contributed by atoms with Gasteiger partial charge in [0.25, 0.3) is 0 Å². The summed E-state index contributed by atoms with van der Waals surface area (Å²) >= 11 is 0. The van der Waals surface area contributed by atoms with Gasteiger partial charge >= 0.3 is 17.9 Å². The van der Waals surface area contributed by atoms with E-state index in [4.69, 9.17) is 14.2 Å². The van der Waals surface area contributed by atoms with Crippen LogP contribution in [0.3, 0.4) is 0 Å². The SMILES string of the molecule is CC/C=C\C/C=C\C/C=C\C/C=C\C/C=C\C/C=C\C/C=C\C/C=C\C/C=C\CCCCCC(=O)OCC(COC(=O)CCCCCCC/C=C\CCCCCC)OC(=O)CCCCCCCC/C=C\C/C=C\C/C=C\C/C=C\CC. The Morgan fingerprint density at radius 1 is 0.259 bits per heavy atom. The first-order chi connectivity index (χ1) is 40.0. The van der Waals surface area contributed by atoms with Crippen molar-refractivity contribution in [1.82, 2.24) is 0 Å². The quantitative estimate of drug-likeness (QED) is 0.0261. The average Bonchev–Trinajstić information content (AvgIpc) is 3.46. The summed E-state index contributed by atoms with van der Waals surface area (Å²) in [6.07, 6.45) is 99.3. The molecular formula is C75H118O6.